The molecule has 7 aromatic rings. The van der Waals surface area contributed by atoms with Crippen molar-refractivity contribution in [1.82, 2.24) is 9.97 Å². The van der Waals surface area contributed by atoms with Crippen molar-refractivity contribution in [3.8, 4) is 33.6 Å². The van der Waals surface area contributed by atoms with Crippen molar-refractivity contribution < 1.29 is 28.9 Å². The minimum atomic E-state index is -1.86. The van der Waals surface area contributed by atoms with E-state index in [1.54, 1.807) is 10.5 Å². The van der Waals surface area contributed by atoms with Gasteiger partial charge in [-0.2, -0.15) is 0 Å². The van der Waals surface area contributed by atoms with Gasteiger partial charge in [-0.05, 0) is 66.9 Å². The average molecular weight is 900 g/mol. The molecule has 3 heterocycles. The van der Waals surface area contributed by atoms with Crippen molar-refractivity contribution in [3.05, 3.63) is 138 Å². The summed E-state index contributed by atoms with van der Waals surface area (Å²) in [5, 5.41) is 1.82. The molecule has 0 amide bonds. The van der Waals surface area contributed by atoms with Gasteiger partial charge in [0.1, 0.15) is 11.4 Å². The number of nitrogens with zero attached hydrogens (tertiary/aromatic N) is 2. The molecular formula is C44H43FGeIrN2O-2. The van der Waals surface area contributed by atoms with Crippen molar-refractivity contribution in [2.75, 3.05) is 0 Å². The van der Waals surface area contributed by atoms with Gasteiger partial charge in [-0.3, -0.25) is 0 Å². The van der Waals surface area contributed by atoms with Gasteiger partial charge in [-0.15, -0.1) is 18.2 Å². The number of hydrogen-bond donors (Lipinski definition) is 0. The van der Waals surface area contributed by atoms with E-state index in [1.807, 2.05) is 42.6 Å². The summed E-state index contributed by atoms with van der Waals surface area (Å²) >= 11 is -1.86. The van der Waals surface area contributed by atoms with Crippen LogP contribution in [-0.2, 0) is 26.5 Å². The molecule has 0 atom stereocenters. The SMILES string of the molecule is CC(C)Cc1cc(-c2[c-]cccc2)nc[c]1[Ge]([CH3])([CH3])[CH3].Cc1cc(C)c(-c2ccnc(-c3[c-]ccc4c3oc3cc(F)ccc34)c2)c(C)c1.[Ir]. The Morgan fingerprint density at radius 3 is 2.24 bits per heavy atom. The zero-order chi connectivity index (χ0) is 34.9. The third-order valence-electron chi connectivity index (χ3n) is 8.79. The molecule has 3 aromatic heterocycles. The number of aryl methyl sites for hydroxylation is 3. The molecule has 257 valence electrons. The second-order valence-corrected chi connectivity index (χ2v) is 25.0. The minimum absolute atomic E-state index is 0. The van der Waals surface area contributed by atoms with Crippen LogP contribution in [-0.4, -0.2) is 23.2 Å². The molecule has 0 bridgehead atoms. The van der Waals surface area contributed by atoms with Gasteiger partial charge in [-0.25, -0.2) is 4.39 Å². The van der Waals surface area contributed by atoms with Crippen molar-refractivity contribution >= 4 is 39.6 Å². The van der Waals surface area contributed by atoms with E-state index in [9.17, 15) is 4.39 Å². The molecule has 7 rings (SSSR count). The standard InChI is InChI=1S/C26H19FNO.C18H24GeN.Ir/c1-15-11-16(2)25(17(3)12-15)18-9-10-28-23(13-18)22-6-4-5-21-20-8-7-19(27)14-24(20)29-26(21)22;1-14(2)11-16-12-18(15-9-7-6-8-10-15)20-13-17(16)19(3,4)5;/h4-5,7-14H,1-3H3;6-9,12-14H,11H2,1-5H3;/q2*-1;. The molecular weight excluding hydrogens is 856 g/mol. The van der Waals surface area contributed by atoms with E-state index < -0.39 is 13.3 Å². The molecule has 0 aliphatic heterocycles. The zero-order valence-electron chi connectivity index (χ0n) is 30.0. The van der Waals surface area contributed by atoms with Crippen LogP contribution in [0.15, 0.2) is 102 Å². The summed E-state index contributed by atoms with van der Waals surface area (Å²) < 4.78 is 21.2. The number of benzene rings is 4. The Hall–Kier alpha value is -3.90. The van der Waals surface area contributed by atoms with Crippen LogP contribution in [0, 0.1) is 44.6 Å². The summed E-state index contributed by atoms with van der Waals surface area (Å²) in [6.07, 6.45) is 5.09. The summed E-state index contributed by atoms with van der Waals surface area (Å²) in [6.45, 7) is 11.0. The number of pyridine rings is 2. The maximum absolute atomic E-state index is 13.7. The fourth-order valence-electron chi connectivity index (χ4n) is 6.74. The van der Waals surface area contributed by atoms with E-state index in [0.29, 0.717) is 17.1 Å². The van der Waals surface area contributed by atoms with Gasteiger partial charge >= 0.3 is 126 Å². The second kappa shape index (κ2) is 15.6. The van der Waals surface area contributed by atoms with Gasteiger partial charge in [0.25, 0.3) is 0 Å². The van der Waals surface area contributed by atoms with E-state index in [0.717, 1.165) is 45.3 Å². The Morgan fingerprint density at radius 2 is 1.56 bits per heavy atom. The van der Waals surface area contributed by atoms with Gasteiger partial charge in [0.05, 0.1) is 5.58 Å². The number of aromatic nitrogens is 2. The summed E-state index contributed by atoms with van der Waals surface area (Å²) in [5.74, 6) is 7.68. The molecule has 3 nitrogen and oxygen atoms in total. The number of halogens is 1. The third-order valence-corrected chi connectivity index (χ3v) is 13.1. The molecule has 6 heteroatoms. The summed E-state index contributed by atoms with van der Waals surface area (Å²) in [7, 11) is 0. The molecule has 50 heavy (non-hydrogen) atoms. The Kier molecular flexibility index (Phi) is 11.6. The van der Waals surface area contributed by atoms with Crippen LogP contribution in [0.3, 0.4) is 0 Å². The van der Waals surface area contributed by atoms with Crippen LogP contribution >= 0.6 is 0 Å². The first-order valence-electron chi connectivity index (χ1n) is 16.9. The molecule has 0 fully saturated rings. The first kappa shape index (κ1) is 37.4. The molecule has 0 unspecified atom stereocenters. The fraction of sp³-hybridized carbons (Fsp3) is 0.227. The Bertz CT molecular complexity index is 2250. The molecule has 4 aromatic carbocycles. The number of fused-ring (bicyclic) bond motifs is 3. The van der Waals surface area contributed by atoms with Crippen LogP contribution in [0.5, 0.6) is 0 Å². The summed E-state index contributed by atoms with van der Waals surface area (Å²) in [4.78, 5) is 9.28. The average Bonchev–Trinajstić information content (AvgIpc) is 3.42. The van der Waals surface area contributed by atoms with Crippen LogP contribution in [0.4, 0.5) is 4.39 Å². The van der Waals surface area contributed by atoms with Crippen molar-refractivity contribution in [1.29, 1.82) is 0 Å². The van der Waals surface area contributed by atoms with Crippen LogP contribution in [0.1, 0.15) is 36.1 Å². The van der Waals surface area contributed by atoms with E-state index in [4.69, 9.17) is 9.40 Å². The number of rotatable bonds is 6. The minimum Gasteiger partial charge on any atom is -0.500 e. The molecule has 0 spiro atoms. The van der Waals surface area contributed by atoms with Crippen molar-refractivity contribution in [3.63, 3.8) is 0 Å². The molecule has 0 saturated carbocycles. The van der Waals surface area contributed by atoms with Gasteiger partial charge in [0.15, 0.2) is 0 Å². The van der Waals surface area contributed by atoms with E-state index in [1.165, 1.54) is 39.9 Å². The molecule has 0 saturated heterocycles. The van der Waals surface area contributed by atoms with Crippen LogP contribution in [0.25, 0.3) is 55.6 Å². The third kappa shape index (κ3) is 8.18. The van der Waals surface area contributed by atoms with Crippen molar-refractivity contribution in [2.24, 2.45) is 5.92 Å². The Morgan fingerprint density at radius 1 is 0.800 bits per heavy atom. The van der Waals surface area contributed by atoms with Gasteiger partial charge in [0, 0.05) is 37.8 Å². The largest absolute Gasteiger partial charge is 0.500 e. The maximum Gasteiger partial charge on any atom is 0.126 e. The van der Waals surface area contributed by atoms with Gasteiger partial charge in [0.2, 0.25) is 0 Å². The Balaban J connectivity index is 0.000000204. The van der Waals surface area contributed by atoms with Gasteiger partial charge < -0.3 is 9.40 Å². The Labute approximate surface area is 312 Å². The van der Waals surface area contributed by atoms with Gasteiger partial charge in [-0.1, -0.05) is 34.7 Å². The number of hydrogen-bond acceptors (Lipinski definition) is 3. The summed E-state index contributed by atoms with van der Waals surface area (Å²) in [5.41, 5.74) is 12.5. The maximum atomic E-state index is 13.7. The quantitative estimate of drug-likeness (QED) is 0.123. The van der Waals surface area contributed by atoms with E-state index in [2.05, 4.69) is 106 Å². The second-order valence-electron chi connectivity index (χ2n) is 14.4. The van der Waals surface area contributed by atoms with Crippen molar-refractivity contribution in [2.45, 2.75) is 58.3 Å². The molecule has 0 aliphatic rings. The zero-order valence-corrected chi connectivity index (χ0v) is 34.5. The normalized spacial score (nSPS) is 11.4. The predicted molar refractivity (Wildman–Crippen MR) is 205 cm³/mol. The van der Waals surface area contributed by atoms with Crippen LogP contribution < -0.4 is 4.40 Å². The first-order chi connectivity index (χ1) is 23.4. The summed E-state index contributed by atoms with van der Waals surface area (Å²) in [6, 6.07) is 33.9. The first-order valence-corrected chi connectivity index (χ1v) is 24.3. The fourth-order valence-corrected chi connectivity index (χ4v) is 10.1. The van der Waals surface area contributed by atoms with Crippen LogP contribution in [0.2, 0.25) is 17.3 Å². The molecule has 0 aliphatic carbocycles. The smallest absolute Gasteiger partial charge is 0.126 e. The topological polar surface area (TPSA) is 38.9 Å². The molecule has 1 radical (unpaired) electrons. The van der Waals surface area contributed by atoms with E-state index in [-0.39, 0.29) is 25.9 Å². The van der Waals surface area contributed by atoms with E-state index >= 15 is 0 Å². The number of furan rings is 1. The monoisotopic (exact) mass is 901 g/mol. The predicted octanol–water partition coefficient (Wildman–Crippen LogP) is 11.5. The molecule has 0 N–H and O–H groups in total.